The molecule has 0 spiro atoms. The summed E-state index contributed by atoms with van der Waals surface area (Å²) in [6.07, 6.45) is 0. The van der Waals surface area contributed by atoms with Crippen LogP contribution < -0.4 is 5.32 Å². The molecule has 0 fully saturated rings. The largest absolute Gasteiger partial charge is 0.478 e. The summed E-state index contributed by atoms with van der Waals surface area (Å²) in [4.78, 5) is 28.5. The van der Waals surface area contributed by atoms with E-state index in [9.17, 15) is 19.1 Å². The van der Waals surface area contributed by atoms with E-state index in [-0.39, 0.29) is 20.3 Å². The third kappa shape index (κ3) is 3.37. The van der Waals surface area contributed by atoms with Gasteiger partial charge in [0.05, 0.1) is 10.2 Å². The van der Waals surface area contributed by atoms with Crippen molar-refractivity contribution in [3.05, 3.63) is 69.3 Å². The Morgan fingerprint density at radius 1 is 1.14 bits per heavy atom. The molecule has 0 unspecified atom stereocenters. The zero-order valence-corrected chi connectivity index (χ0v) is 16.3. The van der Waals surface area contributed by atoms with Crippen molar-refractivity contribution in [2.75, 3.05) is 5.32 Å². The number of hydrogen-bond donors (Lipinski definition) is 2. The Morgan fingerprint density at radius 3 is 2.57 bits per heavy atom. The lowest BCUT2D eigenvalue weighted by Crippen LogP contribution is -2.13. The number of aromatic carboxylic acids is 1. The molecule has 2 aromatic carbocycles. The first-order valence-corrected chi connectivity index (χ1v) is 9.98. The van der Waals surface area contributed by atoms with Crippen molar-refractivity contribution in [3.63, 3.8) is 0 Å². The lowest BCUT2D eigenvalue weighted by atomic mass is 10.0. The molecule has 4 aromatic rings. The standard InChI is InChI=1S/C19H10ClFN2O3S2/c20-10-6-4-9(5-7-10)11-8-27-17(14(11)19(25)26)23-16(24)18-22-13-3-1-2-12(21)15(13)28-18/h1-8H,(H,23,24)(H,25,26). The van der Waals surface area contributed by atoms with Gasteiger partial charge in [0, 0.05) is 16.0 Å². The van der Waals surface area contributed by atoms with Crippen LogP contribution in [-0.2, 0) is 0 Å². The van der Waals surface area contributed by atoms with Gasteiger partial charge in [0.1, 0.15) is 16.4 Å². The van der Waals surface area contributed by atoms with E-state index in [0.717, 1.165) is 22.7 Å². The number of carbonyl (C=O) groups is 2. The van der Waals surface area contributed by atoms with Crippen LogP contribution in [0.3, 0.4) is 0 Å². The maximum atomic E-state index is 13.8. The quantitative estimate of drug-likeness (QED) is 0.429. The molecule has 1 amide bonds. The summed E-state index contributed by atoms with van der Waals surface area (Å²) in [5.74, 6) is -2.22. The minimum absolute atomic E-state index is 0.0204. The Balaban J connectivity index is 1.69. The second-order valence-electron chi connectivity index (χ2n) is 5.73. The van der Waals surface area contributed by atoms with Crippen LogP contribution in [-0.4, -0.2) is 22.0 Å². The number of thiazole rings is 1. The van der Waals surface area contributed by atoms with Gasteiger partial charge in [-0.3, -0.25) is 4.79 Å². The molecule has 0 atom stereocenters. The van der Waals surface area contributed by atoms with Gasteiger partial charge in [0.2, 0.25) is 0 Å². The van der Waals surface area contributed by atoms with Crippen LogP contribution in [0.1, 0.15) is 20.2 Å². The molecule has 28 heavy (non-hydrogen) atoms. The molecule has 0 saturated carbocycles. The van der Waals surface area contributed by atoms with Gasteiger partial charge in [-0.1, -0.05) is 29.8 Å². The zero-order valence-electron chi connectivity index (χ0n) is 13.9. The van der Waals surface area contributed by atoms with E-state index in [1.807, 2.05) is 0 Å². The smallest absolute Gasteiger partial charge is 0.339 e. The maximum Gasteiger partial charge on any atom is 0.339 e. The fourth-order valence-corrected chi connectivity index (χ4v) is 4.62. The van der Waals surface area contributed by atoms with E-state index in [0.29, 0.717) is 21.7 Å². The van der Waals surface area contributed by atoms with Gasteiger partial charge in [-0.15, -0.1) is 22.7 Å². The van der Waals surface area contributed by atoms with Gasteiger partial charge in [-0.2, -0.15) is 0 Å². The molecule has 9 heteroatoms. The number of anilines is 1. The molecule has 0 radical (unpaired) electrons. The highest BCUT2D eigenvalue weighted by Crippen LogP contribution is 2.36. The molecule has 0 aliphatic heterocycles. The van der Waals surface area contributed by atoms with Gasteiger partial charge in [-0.05, 0) is 29.8 Å². The Morgan fingerprint density at radius 2 is 1.89 bits per heavy atom. The summed E-state index contributed by atoms with van der Waals surface area (Å²) in [7, 11) is 0. The number of fused-ring (bicyclic) bond motifs is 1. The SMILES string of the molecule is O=C(Nc1scc(-c2ccc(Cl)cc2)c1C(=O)O)c1nc2cccc(F)c2s1. The summed E-state index contributed by atoms with van der Waals surface area (Å²) in [5.41, 5.74) is 1.50. The van der Waals surface area contributed by atoms with E-state index >= 15 is 0 Å². The number of nitrogens with zero attached hydrogens (tertiary/aromatic N) is 1. The normalized spacial score (nSPS) is 10.9. The molecular formula is C19H10ClFN2O3S2. The predicted octanol–water partition coefficient (Wildman–Crippen LogP) is 5.77. The van der Waals surface area contributed by atoms with Crippen LogP contribution in [0.15, 0.2) is 47.8 Å². The Kier molecular flexibility index (Phi) is 4.84. The summed E-state index contributed by atoms with van der Waals surface area (Å²) < 4.78 is 14.1. The van der Waals surface area contributed by atoms with E-state index in [4.69, 9.17) is 11.6 Å². The minimum atomic E-state index is -1.17. The van der Waals surface area contributed by atoms with Crippen molar-refractivity contribution in [1.82, 2.24) is 4.98 Å². The molecule has 140 valence electrons. The van der Waals surface area contributed by atoms with Gasteiger partial charge < -0.3 is 10.4 Å². The van der Waals surface area contributed by atoms with E-state index in [2.05, 4.69) is 10.3 Å². The monoisotopic (exact) mass is 432 g/mol. The van der Waals surface area contributed by atoms with E-state index in [1.165, 1.54) is 12.1 Å². The lowest BCUT2D eigenvalue weighted by Gasteiger charge is -2.05. The van der Waals surface area contributed by atoms with Gasteiger partial charge in [0.15, 0.2) is 5.01 Å². The fraction of sp³-hybridized carbons (Fsp3) is 0. The number of amides is 1. The minimum Gasteiger partial charge on any atom is -0.478 e. The number of rotatable bonds is 4. The van der Waals surface area contributed by atoms with Crippen molar-refractivity contribution in [1.29, 1.82) is 0 Å². The van der Waals surface area contributed by atoms with Crippen molar-refractivity contribution in [2.24, 2.45) is 0 Å². The number of benzene rings is 2. The van der Waals surface area contributed by atoms with Crippen LogP contribution in [0.25, 0.3) is 21.3 Å². The first kappa shape index (κ1) is 18.5. The molecule has 5 nitrogen and oxygen atoms in total. The number of halogens is 2. The highest BCUT2D eigenvalue weighted by molar-refractivity contribution is 7.20. The number of carboxylic acids is 1. The first-order valence-electron chi connectivity index (χ1n) is 7.91. The second-order valence-corrected chi connectivity index (χ2v) is 8.04. The number of hydrogen-bond acceptors (Lipinski definition) is 5. The molecule has 4 rings (SSSR count). The second kappa shape index (κ2) is 7.31. The van der Waals surface area contributed by atoms with Crippen LogP contribution in [0, 0.1) is 5.82 Å². The zero-order chi connectivity index (χ0) is 19.8. The molecule has 0 bridgehead atoms. The highest BCUT2D eigenvalue weighted by atomic mass is 35.5. The van der Waals surface area contributed by atoms with Gasteiger partial charge in [-0.25, -0.2) is 14.2 Å². The Hall–Kier alpha value is -2.81. The van der Waals surface area contributed by atoms with Crippen LogP contribution in [0.5, 0.6) is 0 Å². The average molecular weight is 433 g/mol. The molecule has 0 aliphatic rings. The van der Waals surface area contributed by atoms with Crippen molar-refractivity contribution < 1.29 is 19.1 Å². The molecule has 2 aromatic heterocycles. The summed E-state index contributed by atoms with van der Waals surface area (Å²) >= 11 is 7.89. The summed E-state index contributed by atoms with van der Waals surface area (Å²) in [6.45, 7) is 0. The van der Waals surface area contributed by atoms with Crippen molar-refractivity contribution >= 4 is 61.4 Å². The Bertz CT molecular complexity index is 1220. The molecular weight excluding hydrogens is 423 g/mol. The lowest BCUT2D eigenvalue weighted by molar-refractivity contribution is 0.0699. The van der Waals surface area contributed by atoms with E-state index < -0.39 is 17.7 Å². The number of thiophene rings is 1. The van der Waals surface area contributed by atoms with Crippen LogP contribution >= 0.6 is 34.3 Å². The topological polar surface area (TPSA) is 79.3 Å². The maximum absolute atomic E-state index is 13.8. The highest BCUT2D eigenvalue weighted by Gasteiger charge is 2.23. The van der Waals surface area contributed by atoms with Crippen LogP contribution in [0.2, 0.25) is 5.02 Å². The average Bonchev–Trinajstić information content (AvgIpc) is 3.27. The first-order chi connectivity index (χ1) is 13.4. The molecule has 2 heterocycles. The molecule has 0 saturated heterocycles. The third-order valence-corrected chi connectivity index (χ3v) is 6.17. The fourth-order valence-electron chi connectivity index (χ4n) is 2.67. The number of carboxylic acid groups (broad SMARTS) is 1. The van der Waals surface area contributed by atoms with Crippen molar-refractivity contribution in [2.45, 2.75) is 0 Å². The van der Waals surface area contributed by atoms with Crippen molar-refractivity contribution in [3.8, 4) is 11.1 Å². The summed E-state index contributed by atoms with van der Waals surface area (Å²) in [5, 5.41) is 14.7. The molecule has 0 aliphatic carbocycles. The predicted molar refractivity (Wildman–Crippen MR) is 109 cm³/mol. The Labute approximate surface area is 171 Å². The number of carbonyl (C=O) groups excluding carboxylic acids is 1. The molecule has 2 N–H and O–H groups in total. The van der Waals surface area contributed by atoms with Gasteiger partial charge >= 0.3 is 5.97 Å². The summed E-state index contributed by atoms with van der Waals surface area (Å²) in [6, 6.07) is 11.2. The third-order valence-electron chi connectivity index (χ3n) is 3.95. The van der Waals surface area contributed by atoms with Crippen LogP contribution in [0.4, 0.5) is 9.39 Å². The van der Waals surface area contributed by atoms with Gasteiger partial charge in [0.25, 0.3) is 5.91 Å². The number of nitrogens with one attached hydrogen (secondary N) is 1. The number of aromatic nitrogens is 1. The van der Waals surface area contributed by atoms with E-state index in [1.54, 1.807) is 35.7 Å².